The first kappa shape index (κ1) is 30.6. The van der Waals surface area contributed by atoms with Crippen molar-refractivity contribution in [2.75, 3.05) is 10.8 Å². The second kappa shape index (κ2) is 12.6. The standard InChI is InChI=1S/C35H30Cl2N4O3S/c1-23(2)27-4-3-5-28(18-27)26-11-6-24(7-12-26)10-17-34-38-33(31-16-13-29(36)19-32(31)37)21-40(34)20-25-8-14-30(15-9-25)41-22-35(42)39-45(41,43)44/h3-19,21,23H,20,22H2,1-2H3,(H,39,42). The summed E-state index contributed by atoms with van der Waals surface area (Å²) in [5, 5.41) is 1.04. The van der Waals surface area contributed by atoms with Crippen molar-refractivity contribution in [2.24, 2.45) is 0 Å². The van der Waals surface area contributed by atoms with Gasteiger partial charge in [0, 0.05) is 23.3 Å². The van der Waals surface area contributed by atoms with Crippen LogP contribution < -0.4 is 9.03 Å². The van der Waals surface area contributed by atoms with Crippen LogP contribution >= 0.6 is 23.2 Å². The Bertz CT molecular complexity index is 2020. The molecule has 0 unspecified atom stereocenters. The van der Waals surface area contributed by atoms with Gasteiger partial charge in [0.25, 0.3) is 5.91 Å². The number of amides is 1. The van der Waals surface area contributed by atoms with E-state index in [2.05, 4.69) is 62.4 Å². The van der Waals surface area contributed by atoms with Crippen LogP contribution in [0.3, 0.4) is 0 Å². The number of nitrogens with one attached hydrogen (secondary N) is 1. The minimum atomic E-state index is -3.87. The Morgan fingerprint density at radius 3 is 2.33 bits per heavy atom. The molecule has 0 bridgehead atoms. The Hall–Kier alpha value is -4.37. The molecule has 1 aliphatic rings. The van der Waals surface area contributed by atoms with E-state index >= 15 is 0 Å². The summed E-state index contributed by atoms with van der Waals surface area (Å²) in [5.74, 6) is 0.619. The number of halogens is 2. The molecule has 0 aliphatic carbocycles. The average Bonchev–Trinajstić information content (AvgIpc) is 3.54. The van der Waals surface area contributed by atoms with Gasteiger partial charge in [-0.1, -0.05) is 104 Å². The summed E-state index contributed by atoms with van der Waals surface area (Å²) in [7, 11) is -3.87. The number of carbonyl (C=O) groups is 1. The topological polar surface area (TPSA) is 84.3 Å². The van der Waals surface area contributed by atoms with Crippen LogP contribution in [0.4, 0.5) is 5.69 Å². The summed E-state index contributed by atoms with van der Waals surface area (Å²) in [4.78, 5) is 16.6. The zero-order valence-corrected chi connectivity index (χ0v) is 26.9. The Morgan fingerprint density at radius 1 is 0.911 bits per heavy atom. The van der Waals surface area contributed by atoms with Crippen LogP contribution in [0, 0.1) is 0 Å². The largest absolute Gasteiger partial charge is 0.326 e. The Kier molecular flexibility index (Phi) is 8.55. The maximum atomic E-state index is 12.3. The highest BCUT2D eigenvalue weighted by Crippen LogP contribution is 2.31. The van der Waals surface area contributed by atoms with E-state index in [0.29, 0.717) is 39.7 Å². The molecule has 1 aliphatic heterocycles. The quantitative estimate of drug-likeness (QED) is 0.183. The number of rotatable bonds is 8. The van der Waals surface area contributed by atoms with Gasteiger partial charge < -0.3 is 4.57 Å². The highest BCUT2D eigenvalue weighted by molar-refractivity contribution is 7.92. The number of aromatic nitrogens is 2. The van der Waals surface area contributed by atoms with Crippen molar-refractivity contribution in [3.63, 3.8) is 0 Å². The predicted octanol–water partition coefficient (Wildman–Crippen LogP) is 8.05. The maximum Gasteiger partial charge on any atom is 0.326 e. The van der Waals surface area contributed by atoms with E-state index < -0.39 is 16.1 Å². The molecule has 6 rings (SSSR count). The lowest BCUT2D eigenvalue weighted by atomic mass is 9.97. The van der Waals surface area contributed by atoms with Crippen molar-refractivity contribution < 1.29 is 13.2 Å². The maximum absolute atomic E-state index is 12.3. The second-order valence-electron chi connectivity index (χ2n) is 11.2. The highest BCUT2D eigenvalue weighted by atomic mass is 35.5. The molecular formula is C35H30Cl2N4O3S. The number of hydrogen-bond acceptors (Lipinski definition) is 4. The van der Waals surface area contributed by atoms with Crippen LogP contribution in [-0.2, 0) is 21.5 Å². The minimum Gasteiger partial charge on any atom is -0.326 e. The van der Waals surface area contributed by atoms with E-state index in [4.69, 9.17) is 28.2 Å². The molecule has 1 fully saturated rings. The predicted molar refractivity (Wildman–Crippen MR) is 183 cm³/mol. The summed E-state index contributed by atoms with van der Waals surface area (Å²) in [6, 6.07) is 29.4. The van der Waals surface area contributed by atoms with Crippen molar-refractivity contribution in [1.82, 2.24) is 14.3 Å². The van der Waals surface area contributed by atoms with E-state index in [1.807, 2.05) is 45.8 Å². The third-order valence-corrected chi connectivity index (χ3v) is 9.59. The van der Waals surface area contributed by atoms with Gasteiger partial charge in [-0.05, 0) is 70.1 Å². The summed E-state index contributed by atoms with van der Waals surface area (Å²) in [6.07, 6.45) is 5.91. The van der Waals surface area contributed by atoms with Crippen LogP contribution in [0.25, 0.3) is 34.5 Å². The molecule has 0 radical (unpaired) electrons. The minimum absolute atomic E-state index is 0.241. The van der Waals surface area contributed by atoms with Crippen molar-refractivity contribution >= 4 is 57.2 Å². The summed E-state index contributed by atoms with van der Waals surface area (Å²) >= 11 is 12.7. The molecule has 7 nitrogen and oxygen atoms in total. The fraction of sp³-hybridized carbons (Fsp3) is 0.143. The van der Waals surface area contributed by atoms with Crippen LogP contribution in [0.2, 0.25) is 10.0 Å². The average molecular weight is 658 g/mol. The lowest BCUT2D eigenvalue weighted by molar-refractivity contribution is -0.117. The van der Waals surface area contributed by atoms with Crippen molar-refractivity contribution in [3.8, 4) is 22.4 Å². The molecule has 10 heteroatoms. The van der Waals surface area contributed by atoms with Crippen LogP contribution in [0.5, 0.6) is 0 Å². The number of imidazole rings is 1. The molecule has 0 atom stereocenters. The smallest absolute Gasteiger partial charge is 0.326 e. The number of hydrogen-bond donors (Lipinski definition) is 1. The van der Waals surface area contributed by atoms with Gasteiger partial charge in [0.2, 0.25) is 0 Å². The van der Waals surface area contributed by atoms with E-state index in [1.54, 1.807) is 24.3 Å². The lowest BCUT2D eigenvalue weighted by Gasteiger charge is -2.15. The fourth-order valence-corrected chi connectivity index (χ4v) is 6.85. The van der Waals surface area contributed by atoms with Gasteiger partial charge in [-0.2, -0.15) is 8.42 Å². The van der Waals surface area contributed by atoms with Crippen LogP contribution in [-0.4, -0.2) is 30.4 Å². The first-order chi connectivity index (χ1) is 21.6. The van der Waals surface area contributed by atoms with Crippen LogP contribution in [0.15, 0.2) is 97.2 Å². The van der Waals surface area contributed by atoms with E-state index in [-0.39, 0.29) is 6.54 Å². The summed E-state index contributed by atoms with van der Waals surface area (Å²) in [6.45, 7) is 4.61. The van der Waals surface area contributed by atoms with Crippen LogP contribution in [0.1, 0.15) is 42.3 Å². The van der Waals surface area contributed by atoms with Gasteiger partial charge in [0.05, 0.1) is 16.4 Å². The zero-order chi connectivity index (χ0) is 31.7. The highest BCUT2D eigenvalue weighted by Gasteiger charge is 2.33. The first-order valence-electron chi connectivity index (χ1n) is 14.4. The second-order valence-corrected chi connectivity index (χ2v) is 13.6. The van der Waals surface area contributed by atoms with Crippen molar-refractivity contribution in [2.45, 2.75) is 26.3 Å². The number of anilines is 1. The number of nitrogens with zero attached hydrogens (tertiary/aromatic N) is 3. The summed E-state index contributed by atoms with van der Waals surface area (Å²) in [5.41, 5.74) is 7.46. The molecular weight excluding hydrogens is 627 g/mol. The molecule has 1 N–H and O–H groups in total. The lowest BCUT2D eigenvalue weighted by Crippen LogP contribution is -2.29. The number of carbonyl (C=O) groups excluding carboxylic acids is 1. The molecule has 0 spiro atoms. The third-order valence-electron chi connectivity index (χ3n) is 7.63. The molecule has 0 saturated carbocycles. The third kappa shape index (κ3) is 6.83. The molecule has 1 saturated heterocycles. The van der Waals surface area contributed by atoms with Gasteiger partial charge in [0.15, 0.2) is 0 Å². The van der Waals surface area contributed by atoms with Gasteiger partial charge >= 0.3 is 10.2 Å². The van der Waals surface area contributed by atoms with Gasteiger partial charge in [0.1, 0.15) is 12.4 Å². The van der Waals surface area contributed by atoms with Crippen molar-refractivity contribution in [3.05, 3.63) is 130 Å². The Balaban J connectivity index is 1.28. The van der Waals surface area contributed by atoms with E-state index in [1.165, 1.54) is 11.1 Å². The molecule has 4 aromatic carbocycles. The Labute approximate surface area is 272 Å². The normalized spacial score (nSPS) is 14.4. The molecule has 5 aromatic rings. The van der Waals surface area contributed by atoms with Gasteiger partial charge in [-0.25, -0.2) is 14.0 Å². The van der Waals surface area contributed by atoms with Gasteiger partial charge in [-0.15, -0.1) is 0 Å². The van der Waals surface area contributed by atoms with Crippen molar-refractivity contribution in [1.29, 1.82) is 0 Å². The first-order valence-corrected chi connectivity index (χ1v) is 16.6. The van der Waals surface area contributed by atoms with Gasteiger partial charge in [-0.3, -0.25) is 4.79 Å². The van der Waals surface area contributed by atoms with E-state index in [9.17, 15) is 13.2 Å². The fourth-order valence-electron chi connectivity index (χ4n) is 5.19. The monoisotopic (exact) mass is 656 g/mol. The van der Waals surface area contributed by atoms with E-state index in [0.717, 1.165) is 26.6 Å². The summed E-state index contributed by atoms with van der Waals surface area (Å²) < 4.78 is 29.6. The zero-order valence-electron chi connectivity index (χ0n) is 24.6. The Morgan fingerprint density at radius 2 is 1.67 bits per heavy atom. The molecule has 45 heavy (non-hydrogen) atoms. The molecule has 228 valence electrons. The number of benzene rings is 4. The molecule has 2 heterocycles. The SMILES string of the molecule is CC(C)c1cccc(-c2ccc(C=Cc3nc(-c4ccc(Cl)cc4Cl)cn3Cc3ccc(N4CC(=O)NS4(=O)=O)cc3)cc2)c1. The molecule has 1 amide bonds. The molecule has 1 aromatic heterocycles.